The Morgan fingerprint density at radius 3 is 2.56 bits per heavy atom. The van der Waals surface area contributed by atoms with Gasteiger partial charge in [0, 0.05) is 36.4 Å². The first-order chi connectivity index (χ1) is 12.0. The quantitative estimate of drug-likeness (QED) is 0.926. The number of aryl methyl sites for hydroxylation is 1. The fourth-order valence-electron chi connectivity index (χ4n) is 3.32. The molecule has 0 saturated heterocycles. The van der Waals surface area contributed by atoms with Crippen molar-refractivity contribution < 1.29 is 4.79 Å². The average molecular weight is 340 g/mol. The van der Waals surface area contributed by atoms with E-state index in [1.54, 1.807) is 11.8 Å². The molecule has 0 saturated carbocycles. The van der Waals surface area contributed by atoms with Gasteiger partial charge in [-0.1, -0.05) is 0 Å². The van der Waals surface area contributed by atoms with Crippen molar-refractivity contribution in [2.24, 2.45) is 0 Å². The molecule has 1 aliphatic heterocycles. The maximum atomic E-state index is 12.8. The number of nitrogens with one attached hydrogen (secondary N) is 1. The van der Waals surface area contributed by atoms with Crippen molar-refractivity contribution in [1.29, 1.82) is 0 Å². The Morgan fingerprint density at radius 2 is 1.92 bits per heavy atom. The highest BCUT2D eigenvalue weighted by Gasteiger charge is 2.24. The molecule has 0 bridgehead atoms. The van der Waals surface area contributed by atoms with Crippen molar-refractivity contribution in [3.63, 3.8) is 0 Å². The molecule has 0 spiro atoms. The van der Waals surface area contributed by atoms with Gasteiger partial charge in [0.05, 0.1) is 12.2 Å². The van der Waals surface area contributed by atoms with E-state index in [1.807, 2.05) is 24.3 Å². The number of rotatable bonds is 4. The minimum Gasteiger partial charge on any atom is -0.372 e. The lowest BCUT2D eigenvalue weighted by atomic mass is 10.0. The van der Waals surface area contributed by atoms with Crippen molar-refractivity contribution in [2.75, 3.05) is 24.5 Å². The topological polar surface area (TPSA) is 69.3 Å². The summed E-state index contributed by atoms with van der Waals surface area (Å²) in [7, 11) is 0. The molecule has 0 aliphatic carbocycles. The van der Waals surface area contributed by atoms with E-state index in [-0.39, 0.29) is 11.5 Å². The average Bonchev–Trinajstić information content (AvgIpc) is 2.62. The van der Waals surface area contributed by atoms with E-state index in [4.69, 9.17) is 0 Å². The van der Waals surface area contributed by atoms with Crippen molar-refractivity contribution in [2.45, 2.75) is 33.7 Å². The minimum atomic E-state index is -0.0850. The molecule has 6 nitrogen and oxygen atoms in total. The Bertz CT molecular complexity index is 822. The number of hydrogen-bond acceptors (Lipinski definition) is 4. The van der Waals surface area contributed by atoms with E-state index in [2.05, 4.69) is 28.7 Å². The van der Waals surface area contributed by atoms with Crippen LogP contribution >= 0.6 is 0 Å². The molecule has 0 atom stereocenters. The van der Waals surface area contributed by atoms with Crippen LogP contribution in [0.25, 0.3) is 0 Å². The van der Waals surface area contributed by atoms with E-state index < -0.39 is 0 Å². The van der Waals surface area contributed by atoms with Gasteiger partial charge in [-0.25, -0.2) is 4.98 Å². The van der Waals surface area contributed by atoms with Gasteiger partial charge in [-0.3, -0.25) is 9.59 Å². The highest BCUT2D eigenvalue weighted by Crippen LogP contribution is 2.19. The van der Waals surface area contributed by atoms with Crippen LogP contribution in [-0.4, -0.2) is 40.4 Å². The monoisotopic (exact) mass is 340 g/mol. The molecule has 1 N–H and O–H groups in total. The maximum Gasteiger partial charge on any atom is 0.254 e. The molecule has 0 radical (unpaired) electrons. The first-order valence-corrected chi connectivity index (χ1v) is 8.76. The van der Waals surface area contributed by atoms with Crippen LogP contribution in [0.3, 0.4) is 0 Å². The third-order valence-corrected chi connectivity index (χ3v) is 4.72. The van der Waals surface area contributed by atoms with Gasteiger partial charge < -0.3 is 14.8 Å². The van der Waals surface area contributed by atoms with E-state index >= 15 is 0 Å². The maximum absolute atomic E-state index is 12.8. The Kier molecular flexibility index (Phi) is 4.88. The van der Waals surface area contributed by atoms with Crippen LogP contribution in [0.1, 0.15) is 41.3 Å². The second-order valence-electron chi connectivity index (χ2n) is 6.27. The Morgan fingerprint density at radius 1 is 1.24 bits per heavy atom. The second-order valence-corrected chi connectivity index (χ2v) is 6.27. The number of nitrogens with zero attached hydrogens (tertiary/aromatic N) is 3. The second kappa shape index (κ2) is 7.09. The number of carbonyl (C=O) groups is 1. The molecular weight excluding hydrogens is 316 g/mol. The third kappa shape index (κ3) is 3.43. The summed E-state index contributed by atoms with van der Waals surface area (Å²) in [5.74, 6) is 0.568. The van der Waals surface area contributed by atoms with Gasteiger partial charge in [0.25, 0.3) is 11.5 Å². The van der Waals surface area contributed by atoms with Gasteiger partial charge in [0.15, 0.2) is 0 Å². The zero-order chi connectivity index (χ0) is 18.0. The number of fused-ring (bicyclic) bond motifs is 1. The first-order valence-electron chi connectivity index (χ1n) is 8.76. The van der Waals surface area contributed by atoms with Crippen molar-refractivity contribution in [1.82, 2.24) is 14.9 Å². The SMILES string of the molecule is CCN(CC)c1ccc(C(=O)N2CCc3c(nc(C)[nH]c3=O)C2)cc1. The summed E-state index contributed by atoms with van der Waals surface area (Å²) in [4.78, 5) is 35.9. The van der Waals surface area contributed by atoms with Gasteiger partial charge >= 0.3 is 0 Å². The van der Waals surface area contributed by atoms with Crippen LogP contribution in [0.4, 0.5) is 5.69 Å². The number of anilines is 1. The third-order valence-electron chi connectivity index (χ3n) is 4.72. The molecule has 1 amide bonds. The molecular formula is C19H24N4O2. The number of aromatic nitrogens is 2. The molecule has 0 unspecified atom stereocenters. The summed E-state index contributed by atoms with van der Waals surface area (Å²) in [5, 5.41) is 0. The normalized spacial score (nSPS) is 13.5. The number of aromatic amines is 1. The minimum absolute atomic E-state index is 0.0171. The molecule has 1 aromatic carbocycles. The van der Waals surface area contributed by atoms with Crippen molar-refractivity contribution >= 4 is 11.6 Å². The van der Waals surface area contributed by atoms with E-state index in [0.717, 1.165) is 18.8 Å². The van der Waals surface area contributed by atoms with E-state index in [1.165, 1.54) is 0 Å². The van der Waals surface area contributed by atoms with Crippen molar-refractivity contribution in [3.05, 3.63) is 57.3 Å². The summed E-state index contributed by atoms with van der Waals surface area (Å²) in [6, 6.07) is 7.74. The molecule has 1 aliphatic rings. The molecule has 2 aromatic rings. The highest BCUT2D eigenvalue weighted by molar-refractivity contribution is 5.94. The Labute approximate surface area is 147 Å². The lowest BCUT2D eigenvalue weighted by Gasteiger charge is -2.28. The zero-order valence-electron chi connectivity index (χ0n) is 15.0. The molecule has 1 aromatic heterocycles. The number of hydrogen-bond donors (Lipinski definition) is 1. The molecule has 0 fully saturated rings. The number of benzene rings is 1. The van der Waals surface area contributed by atoms with E-state index in [9.17, 15) is 9.59 Å². The zero-order valence-corrected chi connectivity index (χ0v) is 15.0. The molecule has 2 heterocycles. The first kappa shape index (κ1) is 17.2. The lowest BCUT2D eigenvalue weighted by molar-refractivity contribution is 0.0731. The summed E-state index contributed by atoms with van der Waals surface area (Å²) >= 11 is 0. The smallest absolute Gasteiger partial charge is 0.254 e. The van der Waals surface area contributed by atoms with Gasteiger partial charge in [0.1, 0.15) is 5.82 Å². The van der Waals surface area contributed by atoms with Crippen LogP contribution in [0.15, 0.2) is 29.1 Å². The number of amides is 1. The van der Waals surface area contributed by atoms with Gasteiger partial charge in [-0.15, -0.1) is 0 Å². The Balaban J connectivity index is 1.79. The summed E-state index contributed by atoms with van der Waals surface area (Å²) < 4.78 is 0. The van der Waals surface area contributed by atoms with Gasteiger partial charge in [0.2, 0.25) is 0 Å². The fraction of sp³-hybridized carbons (Fsp3) is 0.421. The van der Waals surface area contributed by atoms with Crippen LogP contribution in [0, 0.1) is 6.92 Å². The number of carbonyl (C=O) groups excluding carboxylic acids is 1. The summed E-state index contributed by atoms with van der Waals surface area (Å²) in [6.45, 7) is 8.79. The summed E-state index contributed by atoms with van der Waals surface area (Å²) in [5.41, 5.74) is 3.11. The van der Waals surface area contributed by atoms with Crippen LogP contribution in [0.5, 0.6) is 0 Å². The molecule has 132 valence electrons. The predicted octanol–water partition coefficient (Wildman–Crippen LogP) is 2.12. The van der Waals surface area contributed by atoms with Gasteiger partial charge in [-0.05, 0) is 51.5 Å². The van der Waals surface area contributed by atoms with Crippen LogP contribution < -0.4 is 10.5 Å². The highest BCUT2D eigenvalue weighted by atomic mass is 16.2. The number of H-pyrrole nitrogens is 1. The Hall–Kier alpha value is -2.63. The van der Waals surface area contributed by atoms with Gasteiger partial charge in [-0.2, -0.15) is 0 Å². The standard InChI is InChI=1S/C19H24N4O2/c1-4-22(5-2)15-8-6-14(7-9-15)19(25)23-11-10-16-17(12-23)20-13(3)21-18(16)24/h6-9H,4-5,10-12H2,1-3H3,(H,20,21,24). The molecule has 25 heavy (non-hydrogen) atoms. The van der Waals surface area contributed by atoms with E-state index in [0.29, 0.717) is 42.2 Å². The molecule has 3 rings (SSSR count). The van der Waals surface area contributed by atoms with Crippen molar-refractivity contribution in [3.8, 4) is 0 Å². The van der Waals surface area contributed by atoms with Crippen LogP contribution in [-0.2, 0) is 13.0 Å². The van der Waals surface area contributed by atoms with Crippen LogP contribution in [0.2, 0.25) is 0 Å². The largest absolute Gasteiger partial charge is 0.372 e. The fourth-order valence-corrected chi connectivity index (χ4v) is 3.32. The molecule has 6 heteroatoms. The predicted molar refractivity (Wildman–Crippen MR) is 98.0 cm³/mol. The summed E-state index contributed by atoms with van der Waals surface area (Å²) in [6.07, 6.45) is 0.543. The lowest BCUT2D eigenvalue weighted by Crippen LogP contribution is -2.39.